The highest BCUT2D eigenvalue weighted by Gasteiger charge is 2.37. The maximum absolute atomic E-state index is 13.3. The van der Waals surface area contributed by atoms with E-state index in [0.717, 1.165) is 6.42 Å². The molecule has 1 aliphatic rings. The highest BCUT2D eigenvalue weighted by Crippen LogP contribution is 2.34. The number of hydrogen-bond donors (Lipinski definition) is 1. The van der Waals surface area contributed by atoms with Crippen LogP contribution in [0.4, 0.5) is 13.2 Å². The Kier molecular flexibility index (Phi) is 4.73. The Hall–Kier alpha value is -2.45. The van der Waals surface area contributed by atoms with Crippen LogP contribution in [0.15, 0.2) is 10.6 Å². The molecule has 2 heterocycles. The minimum absolute atomic E-state index is 0.0876. The molecule has 1 amide bonds. The summed E-state index contributed by atoms with van der Waals surface area (Å²) in [5, 5.41) is 6.15. The number of nitrogens with one attached hydrogen (secondary N) is 1. The normalized spacial score (nSPS) is 14.2. The van der Waals surface area contributed by atoms with Gasteiger partial charge in [0.05, 0.1) is 0 Å². The molecule has 3 rings (SSSR count). The first kappa shape index (κ1) is 17.4. The first-order valence-corrected chi connectivity index (χ1v) is 8.02. The number of amides is 1. The number of carbonyl (C=O) groups excluding carboxylic acids is 1. The summed E-state index contributed by atoms with van der Waals surface area (Å²) >= 11 is 0. The molecular weight excluding hydrogens is 337 g/mol. The summed E-state index contributed by atoms with van der Waals surface area (Å²) in [5.41, 5.74) is -0.0304. The summed E-state index contributed by atoms with van der Waals surface area (Å²) in [6, 6.07) is 1.48. The number of hydrogen-bond acceptors (Lipinski definition) is 5. The zero-order valence-corrected chi connectivity index (χ0v) is 13.6. The van der Waals surface area contributed by atoms with E-state index in [2.05, 4.69) is 20.4 Å². The fourth-order valence-electron chi connectivity index (χ4n) is 2.84. The Morgan fingerprint density at radius 3 is 2.72 bits per heavy atom. The van der Waals surface area contributed by atoms with E-state index >= 15 is 0 Å². The lowest BCUT2D eigenvalue weighted by Crippen LogP contribution is -2.27. The van der Waals surface area contributed by atoms with Gasteiger partial charge in [-0.25, -0.2) is 9.97 Å². The van der Waals surface area contributed by atoms with Crippen LogP contribution in [0.25, 0.3) is 0 Å². The number of rotatable bonds is 4. The standard InChI is InChI=1S/C16H17F3N4O2/c1-9-8-12(23-25-9)15(24)20-7-6-13-21-11-5-3-2-4-10(11)14(22-13)16(17,18)19/h8H,2-7H2,1H3,(H,20,24). The van der Waals surface area contributed by atoms with E-state index in [-0.39, 0.29) is 30.0 Å². The Bertz CT molecular complexity index is 786. The van der Waals surface area contributed by atoms with E-state index in [4.69, 9.17) is 4.52 Å². The Labute approximate surface area is 141 Å². The van der Waals surface area contributed by atoms with Crippen LogP contribution in [-0.2, 0) is 25.4 Å². The molecular formula is C16H17F3N4O2. The lowest BCUT2D eigenvalue weighted by atomic mass is 9.94. The van der Waals surface area contributed by atoms with Crippen LogP contribution in [0.5, 0.6) is 0 Å². The lowest BCUT2D eigenvalue weighted by molar-refractivity contribution is -0.142. The molecule has 0 atom stereocenters. The molecule has 0 aromatic carbocycles. The van der Waals surface area contributed by atoms with E-state index < -0.39 is 17.8 Å². The van der Waals surface area contributed by atoms with Gasteiger partial charge in [-0.3, -0.25) is 4.79 Å². The molecule has 1 aliphatic carbocycles. The van der Waals surface area contributed by atoms with Crippen molar-refractivity contribution in [3.8, 4) is 0 Å². The minimum atomic E-state index is -4.50. The average Bonchev–Trinajstić information content (AvgIpc) is 3.00. The van der Waals surface area contributed by atoms with E-state index in [9.17, 15) is 18.0 Å². The monoisotopic (exact) mass is 354 g/mol. The highest BCUT2D eigenvalue weighted by molar-refractivity contribution is 5.92. The summed E-state index contributed by atoms with van der Waals surface area (Å²) in [6.45, 7) is 1.77. The topological polar surface area (TPSA) is 80.9 Å². The van der Waals surface area contributed by atoms with Crippen LogP contribution in [0.3, 0.4) is 0 Å². The van der Waals surface area contributed by atoms with Crippen LogP contribution >= 0.6 is 0 Å². The summed E-state index contributed by atoms with van der Waals surface area (Å²) in [4.78, 5) is 19.8. The van der Waals surface area contributed by atoms with Crippen molar-refractivity contribution in [3.63, 3.8) is 0 Å². The molecule has 0 saturated carbocycles. The maximum atomic E-state index is 13.3. The van der Waals surface area contributed by atoms with Crippen LogP contribution in [0.1, 0.15) is 51.9 Å². The van der Waals surface area contributed by atoms with E-state index in [1.807, 2.05) is 0 Å². The molecule has 9 heteroatoms. The predicted molar refractivity (Wildman–Crippen MR) is 81.0 cm³/mol. The zero-order chi connectivity index (χ0) is 18.0. The number of alkyl halides is 3. The van der Waals surface area contributed by atoms with Crippen molar-refractivity contribution in [2.45, 2.75) is 45.2 Å². The molecule has 0 fully saturated rings. The van der Waals surface area contributed by atoms with Gasteiger partial charge < -0.3 is 9.84 Å². The minimum Gasteiger partial charge on any atom is -0.361 e. The van der Waals surface area contributed by atoms with Gasteiger partial charge in [-0.2, -0.15) is 13.2 Å². The van der Waals surface area contributed by atoms with Crippen molar-refractivity contribution in [2.24, 2.45) is 0 Å². The van der Waals surface area contributed by atoms with Crippen molar-refractivity contribution in [2.75, 3.05) is 6.54 Å². The smallest absolute Gasteiger partial charge is 0.361 e. The average molecular weight is 354 g/mol. The molecule has 0 radical (unpaired) electrons. The number of aromatic nitrogens is 3. The van der Waals surface area contributed by atoms with Crippen molar-refractivity contribution in [1.82, 2.24) is 20.4 Å². The zero-order valence-electron chi connectivity index (χ0n) is 13.6. The van der Waals surface area contributed by atoms with E-state index in [0.29, 0.717) is 30.7 Å². The predicted octanol–water partition coefficient (Wildman–Crippen LogP) is 2.64. The number of aryl methyl sites for hydroxylation is 2. The second-order valence-corrected chi connectivity index (χ2v) is 5.95. The van der Waals surface area contributed by atoms with Gasteiger partial charge in [0.25, 0.3) is 5.91 Å². The second-order valence-electron chi connectivity index (χ2n) is 5.95. The number of fused-ring (bicyclic) bond motifs is 1. The van der Waals surface area contributed by atoms with Gasteiger partial charge in [0, 0.05) is 30.3 Å². The van der Waals surface area contributed by atoms with E-state index in [1.165, 1.54) is 6.07 Å². The molecule has 0 bridgehead atoms. The van der Waals surface area contributed by atoms with Gasteiger partial charge in [0.15, 0.2) is 11.4 Å². The summed E-state index contributed by atoms with van der Waals surface area (Å²) in [6.07, 6.45) is -1.97. The first-order valence-electron chi connectivity index (χ1n) is 8.02. The summed E-state index contributed by atoms with van der Waals surface area (Å²) in [7, 11) is 0. The fraction of sp³-hybridized carbons (Fsp3) is 0.500. The van der Waals surface area contributed by atoms with Crippen LogP contribution in [0.2, 0.25) is 0 Å². The van der Waals surface area contributed by atoms with Crippen molar-refractivity contribution in [3.05, 3.63) is 40.3 Å². The van der Waals surface area contributed by atoms with Crippen LogP contribution in [-0.4, -0.2) is 27.6 Å². The van der Waals surface area contributed by atoms with Gasteiger partial charge in [-0.1, -0.05) is 5.16 Å². The third-order valence-electron chi connectivity index (χ3n) is 3.99. The third-order valence-corrected chi connectivity index (χ3v) is 3.99. The Morgan fingerprint density at radius 1 is 1.28 bits per heavy atom. The molecule has 1 N–H and O–H groups in total. The molecule has 2 aromatic rings. The first-order chi connectivity index (χ1) is 11.8. The molecule has 25 heavy (non-hydrogen) atoms. The lowest BCUT2D eigenvalue weighted by Gasteiger charge is -2.20. The fourth-order valence-corrected chi connectivity index (χ4v) is 2.84. The SMILES string of the molecule is Cc1cc(C(=O)NCCc2nc3c(c(C(F)(F)F)n2)CCCC3)no1. The van der Waals surface area contributed by atoms with Crippen molar-refractivity contribution >= 4 is 5.91 Å². The largest absolute Gasteiger partial charge is 0.433 e. The number of carbonyl (C=O) groups is 1. The van der Waals surface area contributed by atoms with Gasteiger partial charge in [-0.05, 0) is 32.6 Å². The van der Waals surface area contributed by atoms with Crippen molar-refractivity contribution in [1.29, 1.82) is 0 Å². The molecule has 134 valence electrons. The second kappa shape index (κ2) is 6.81. The van der Waals surface area contributed by atoms with Gasteiger partial charge in [-0.15, -0.1) is 0 Å². The van der Waals surface area contributed by atoms with E-state index in [1.54, 1.807) is 6.92 Å². The molecule has 0 aliphatic heterocycles. The van der Waals surface area contributed by atoms with Crippen molar-refractivity contribution < 1.29 is 22.5 Å². The molecule has 6 nitrogen and oxygen atoms in total. The Morgan fingerprint density at radius 2 is 2.04 bits per heavy atom. The molecule has 0 saturated heterocycles. The molecule has 0 spiro atoms. The Balaban J connectivity index is 1.71. The van der Waals surface area contributed by atoms with Gasteiger partial charge in [0.1, 0.15) is 11.6 Å². The van der Waals surface area contributed by atoms with Gasteiger partial charge in [0.2, 0.25) is 0 Å². The summed E-state index contributed by atoms with van der Waals surface area (Å²) in [5.74, 6) is 0.133. The third kappa shape index (κ3) is 3.97. The quantitative estimate of drug-likeness (QED) is 0.913. The van der Waals surface area contributed by atoms with Gasteiger partial charge >= 0.3 is 6.18 Å². The molecule has 2 aromatic heterocycles. The van der Waals surface area contributed by atoms with Crippen LogP contribution < -0.4 is 5.32 Å². The van der Waals surface area contributed by atoms with Crippen LogP contribution in [0, 0.1) is 6.92 Å². The summed E-state index contributed by atoms with van der Waals surface area (Å²) < 4.78 is 44.6. The highest BCUT2D eigenvalue weighted by atomic mass is 19.4. The molecule has 0 unspecified atom stereocenters. The maximum Gasteiger partial charge on any atom is 0.433 e. The number of halogens is 3. The number of nitrogens with zero attached hydrogens (tertiary/aromatic N) is 3.